The molecule has 1 aromatic heterocycles. The van der Waals surface area contributed by atoms with Crippen molar-refractivity contribution >= 4 is 5.69 Å². The van der Waals surface area contributed by atoms with Crippen LogP contribution in [0.3, 0.4) is 0 Å². The van der Waals surface area contributed by atoms with Crippen molar-refractivity contribution in [2.24, 2.45) is 5.73 Å². The summed E-state index contributed by atoms with van der Waals surface area (Å²) in [6.07, 6.45) is 5.28. The Labute approximate surface area is 127 Å². The zero-order valence-corrected chi connectivity index (χ0v) is 13.2. The predicted molar refractivity (Wildman–Crippen MR) is 86.8 cm³/mol. The standard InChI is InChI=1S/C16H28N4O/c1-3-21-16-5-4-15(12-18-16)19-14-7-10-20(11-8-14)13(2)6-9-17/h4-5,12-14,19H,3,6-11,17H2,1-2H3. The van der Waals surface area contributed by atoms with E-state index in [1.807, 2.05) is 25.3 Å². The van der Waals surface area contributed by atoms with E-state index >= 15 is 0 Å². The van der Waals surface area contributed by atoms with Crippen LogP contribution in [0.15, 0.2) is 18.3 Å². The molecule has 1 unspecified atom stereocenters. The first kappa shape index (κ1) is 16.0. The van der Waals surface area contributed by atoms with Gasteiger partial charge in [-0.3, -0.25) is 0 Å². The summed E-state index contributed by atoms with van der Waals surface area (Å²) in [5.74, 6) is 0.688. The van der Waals surface area contributed by atoms with Crippen molar-refractivity contribution in [1.82, 2.24) is 9.88 Å². The summed E-state index contributed by atoms with van der Waals surface area (Å²) < 4.78 is 5.36. The Bertz CT molecular complexity index is 401. The van der Waals surface area contributed by atoms with E-state index < -0.39 is 0 Å². The number of nitrogens with zero attached hydrogens (tertiary/aromatic N) is 2. The molecule has 0 radical (unpaired) electrons. The maximum Gasteiger partial charge on any atom is 0.213 e. The van der Waals surface area contributed by atoms with Gasteiger partial charge in [0.25, 0.3) is 0 Å². The number of pyridine rings is 1. The number of hydrogen-bond acceptors (Lipinski definition) is 5. The molecule has 1 aliphatic heterocycles. The van der Waals surface area contributed by atoms with Crippen molar-refractivity contribution in [2.45, 2.75) is 45.2 Å². The lowest BCUT2D eigenvalue weighted by Crippen LogP contribution is -2.44. The fourth-order valence-electron chi connectivity index (χ4n) is 2.84. The minimum atomic E-state index is 0.533. The van der Waals surface area contributed by atoms with Gasteiger partial charge in [-0.1, -0.05) is 0 Å². The molecule has 1 atom stereocenters. The van der Waals surface area contributed by atoms with Crippen LogP contribution in [0.1, 0.15) is 33.1 Å². The van der Waals surface area contributed by atoms with Crippen molar-refractivity contribution in [1.29, 1.82) is 0 Å². The molecule has 0 spiro atoms. The Hall–Kier alpha value is -1.33. The second-order valence-corrected chi connectivity index (χ2v) is 5.70. The summed E-state index contributed by atoms with van der Waals surface area (Å²) in [7, 11) is 0. The van der Waals surface area contributed by atoms with Gasteiger partial charge in [0.1, 0.15) is 0 Å². The minimum Gasteiger partial charge on any atom is -0.478 e. The van der Waals surface area contributed by atoms with E-state index in [9.17, 15) is 0 Å². The second kappa shape index (κ2) is 8.20. The van der Waals surface area contributed by atoms with Gasteiger partial charge in [0.05, 0.1) is 18.5 Å². The van der Waals surface area contributed by atoms with Gasteiger partial charge in [-0.15, -0.1) is 0 Å². The maximum absolute atomic E-state index is 5.64. The molecule has 1 aliphatic rings. The molecule has 1 saturated heterocycles. The highest BCUT2D eigenvalue weighted by Crippen LogP contribution is 2.19. The zero-order chi connectivity index (χ0) is 15.1. The highest BCUT2D eigenvalue weighted by Gasteiger charge is 2.22. The smallest absolute Gasteiger partial charge is 0.213 e. The molecule has 0 aliphatic carbocycles. The average Bonchev–Trinajstić information content (AvgIpc) is 2.50. The normalized spacial score (nSPS) is 18.4. The third kappa shape index (κ3) is 4.86. The maximum atomic E-state index is 5.64. The summed E-state index contributed by atoms with van der Waals surface area (Å²) in [6, 6.07) is 5.10. The Kier molecular flexibility index (Phi) is 6.26. The van der Waals surface area contributed by atoms with E-state index in [0.29, 0.717) is 24.6 Å². The molecule has 0 bridgehead atoms. The Morgan fingerprint density at radius 3 is 2.76 bits per heavy atom. The number of anilines is 1. The van der Waals surface area contributed by atoms with Gasteiger partial charge in [0.2, 0.25) is 5.88 Å². The number of aromatic nitrogens is 1. The first-order valence-electron chi connectivity index (χ1n) is 8.02. The van der Waals surface area contributed by atoms with Crippen LogP contribution in [0.5, 0.6) is 5.88 Å². The van der Waals surface area contributed by atoms with E-state index in [1.165, 1.54) is 12.8 Å². The van der Waals surface area contributed by atoms with E-state index in [2.05, 4.69) is 22.1 Å². The first-order valence-corrected chi connectivity index (χ1v) is 8.02. The molecule has 118 valence electrons. The van der Waals surface area contributed by atoms with Crippen LogP contribution in [0.25, 0.3) is 0 Å². The SMILES string of the molecule is CCOc1ccc(NC2CCN(C(C)CCN)CC2)cn1. The molecule has 0 saturated carbocycles. The van der Waals surface area contributed by atoms with Crippen LogP contribution in [0, 0.1) is 0 Å². The first-order chi connectivity index (χ1) is 10.2. The molecule has 21 heavy (non-hydrogen) atoms. The molecule has 0 aromatic carbocycles. The number of hydrogen-bond donors (Lipinski definition) is 2. The van der Waals surface area contributed by atoms with Crippen LogP contribution in [-0.2, 0) is 0 Å². The van der Waals surface area contributed by atoms with Crippen LogP contribution >= 0.6 is 0 Å². The zero-order valence-electron chi connectivity index (χ0n) is 13.2. The summed E-state index contributed by atoms with van der Waals surface area (Å²) in [5.41, 5.74) is 6.72. The van der Waals surface area contributed by atoms with Crippen LogP contribution in [-0.4, -0.2) is 48.2 Å². The van der Waals surface area contributed by atoms with E-state index in [0.717, 1.165) is 31.7 Å². The third-order valence-electron chi connectivity index (χ3n) is 4.14. The molecule has 0 amide bonds. The summed E-state index contributed by atoms with van der Waals surface area (Å²) in [5, 5.41) is 3.57. The third-order valence-corrected chi connectivity index (χ3v) is 4.14. The lowest BCUT2D eigenvalue weighted by molar-refractivity contribution is 0.161. The summed E-state index contributed by atoms with van der Waals surface area (Å²) >= 11 is 0. The van der Waals surface area contributed by atoms with Gasteiger partial charge in [0.15, 0.2) is 0 Å². The fraction of sp³-hybridized carbons (Fsp3) is 0.688. The van der Waals surface area contributed by atoms with E-state index in [1.54, 1.807) is 0 Å². The van der Waals surface area contributed by atoms with E-state index in [-0.39, 0.29) is 0 Å². The molecule has 3 N–H and O–H groups in total. The molecule has 1 fully saturated rings. The number of ether oxygens (including phenoxy) is 1. The minimum absolute atomic E-state index is 0.533. The molecular weight excluding hydrogens is 264 g/mol. The van der Waals surface area contributed by atoms with Crippen molar-refractivity contribution in [3.8, 4) is 5.88 Å². The highest BCUT2D eigenvalue weighted by atomic mass is 16.5. The lowest BCUT2D eigenvalue weighted by atomic mass is 10.0. The number of nitrogens with one attached hydrogen (secondary N) is 1. The Balaban J connectivity index is 1.77. The quantitative estimate of drug-likeness (QED) is 0.806. The summed E-state index contributed by atoms with van der Waals surface area (Å²) in [6.45, 7) is 7.95. The van der Waals surface area contributed by atoms with Gasteiger partial charge in [-0.05, 0) is 45.7 Å². The van der Waals surface area contributed by atoms with Crippen molar-refractivity contribution in [3.63, 3.8) is 0 Å². The van der Waals surface area contributed by atoms with Crippen molar-refractivity contribution in [3.05, 3.63) is 18.3 Å². The number of likely N-dealkylation sites (tertiary alicyclic amines) is 1. The Morgan fingerprint density at radius 1 is 1.43 bits per heavy atom. The fourth-order valence-corrected chi connectivity index (χ4v) is 2.84. The molecule has 5 heteroatoms. The van der Waals surface area contributed by atoms with Crippen LogP contribution < -0.4 is 15.8 Å². The average molecular weight is 292 g/mol. The van der Waals surface area contributed by atoms with Crippen LogP contribution in [0.4, 0.5) is 5.69 Å². The van der Waals surface area contributed by atoms with Gasteiger partial charge in [-0.25, -0.2) is 4.98 Å². The topological polar surface area (TPSA) is 63.4 Å². The van der Waals surface area contributed by atoms with Crippen molar-refractivity contribution < 1.29 is 4.74 Å². The van der Waals surface area contributed by atoms with Gasteiger partial charge in [-0.2, -0.15) is 0 Å². The molecule has 2 heterocycles. The summed E-state index contributed by atoms with van der Waals surface area (Å²) in [4.78, 5) is 6.84. The molecule has 2 rings (SSSR count). The number of rotatable bonds is 7. The monoisotopic (exact) mass is 292 g/mol. The van der Waals surface area contributed by atoms with E-state index in [4.69, 9.17) is 10.5 Å². The largest absolute Gasteiger partial charge is 0.478 e. The van der Waals surface area contributed by atoms with Gasteiger partial charge >= 0.3 is 0 Å². The number of piperidine rings is 1. The van der Waals surface area contributed by atoms with Gasteiger partial charge < -0.3 is 20.7 Å². The molecular formula is C16H28N4O. The lowest BCUT2D eigenvalue weighted by Gasteiger charge is -2.36. The molecule has 1 aromatic rings. The second-order valence-electron chi connectivity index (χ2n) is 5.70. The van der Waals surface area contributed by atoms with Crippen LogP contribution in [0.2, 0.25) is 0 Å². The molecule has 5 nitrogen and oxygen atoms in total. The number of nitrogens with two attached hydrogens (primary N) is 1. The highest BCUT2D eigenvalue weighted by molar-refractivity contribution is 5.43. The van der Waals surface area contributed by atoms with Gasteiger partial charge in [0, 0.05) is 31.2 Å². The predicted octanol–water partition coefficient (Wildman–Crippen LogP) is 2.09. The Morgan fingerprint density at radius 2 is 2.19 bits per heavy atom. The van der Waals surface area contributed by atoms with Crippen molar-refractivity contribution in [2.75, 3.05) is 31.6 Å².